The number of aromatic nitrogens is 2. The highest BCUT2D eigenvalue weighted by molar-refractivity contribution is 9.10. The van der Waals surface area contributed by atoms with Crippen molar-refractivity contribution in [2.75, 3.05) is 6.61 Å². The van der Waals surface area contributed by atoms with E-state index < -0.39 is 0 Å². The molecule has 23 heavy (non-hydrogen) atoms. The highest BCUT2D eigenvalue weighted by atomic mass is 79.9. The van der Waals surface area contributed by atoms with Gasteiger partial charge in [-0.2, -0.15) is 5.10 Å². The van der Waals surface area contributed by atoms with Gasteiger partial charge in [0, 0.05) is 17.3 Å². The predicted octanol–water partition coefficient (Wildman–Crippen LogP) is 3.96. The van der Waals surface area contributed by atoms with Crippen molar-refractivity contribution in [3.05, 3.63) is 82.6 Å². The van der Waals surface area contributed by atoms with Gasteiger partial charge in [-0.25, -0.2) is 0 Å². The first-order chi connectivity index (χ1) is 11.2. The van der Waals surface area contributed by atoms with Crippen molar-refractivity contribution in [2.45, 2.75) is 6.54 Å². The average molecular weight is 371 g/mol. The van der Waals surface area contributed by atoms with E-state index in [1.54, 1.807) is 23.0 Å². The van der Waals surface area contributed by atoms with Crippen LogP contribution in [0.5, 0.6) is 5.75 Å². The Hall–Kier alpha value is -2.40. The molecule has 0 aliphatic carbocycles. The lowest BCUT2D eigenvalue weighted by Crippen LogP contribution is -2.08. The zero-order chi connectivity index (χ0) is 16.1. The lowest BCUT2D eigenvalue weighted by molar-refractivity contribution is 0.103. The molecular formula is C18H15BrN2O2. The first-order valence-electron chi connectivity index (χ1n) is 7.23. The first-order valence-corrected chi connectivity index (χ1v) is 8.02. The van der Waals surface area contributed by atoms with Crippen LogP contribution in [-0.2, 0) is 6.54 Å². The normalized spacial score (nSPS) is 10.5. The van der Waals surface area contributed by atoms with Crippen molar-refractivity contribution in [1.82, 2.24) is 9.78 Å². The number of halogens is 1. The van der Waals surface area contributed by atoms with Crippen molar-refractivity contribution in [3.63, 3.8) is 0 Å². The maximum atomic E-state index is 12.3. The summed E-state index contributed by atoms with van der Waals surface area (Å²) in [5, 5.41) is 4.16. The summed E-state index contributed by atoms with van der Waals surface area (Å²) in [7, 11) is 0. The third-order valence-corrected chi connectivity index (χ3v) is 3.75. The summed E-state index contributed by atoms with van der Waals surface area (Å²) in [6.45, 7) is 1.18. The van der Waals surface area contributed by atoms with Gasteiger partial charge in [0.25, 0.3) is 0 Å². The second kappa shape index (κ2) is 7.24. The molecule has 0 amide bonds. The summed E-state index contributed by atoms with van der Waals surface area (Å²) in [5.74, 6) is 0.749. The molecule has 0 unspecified atom stereocenters. The fourth-order valence-corrected chi connectivity index (χ4v) is 2.50. The van der Waals surface area contributed by atoms with Gasteiger partial charge in [0.05, 0.1) is 17.2 Å². The molecule has 0 fully saturated rings. The molecule has 0 atom stereocenters. The molecule has 1 heterocycles. The minimum absolute atomic E-state index is 0.0125. The zero-order valence-corrected chi connectivity index (χ0v) is 13.9. The monoisotopic (exact) mass is 370 g/mol. The van der Waals surface area contributed by atoms with E-state index >= 15 is 0 Å². The molecule has 0 radical (unpaired) electrons. The largest absolute Gasteiger partial charge is 0.492 e. The average Bonchev–Trinajstić information content (AvgIpc) is 3.01. The Kier molecular flexibility index (Phi) is 4.88. The standard InChI is InChI=1S/C18H15BrN2O2/c19-16-12-20-21(13-16)10-11-23-17-8-6-15(7-9-17)18(22)14-4-2-1-3-5-14/h1-9,12-13H,10-11H2. The lowest BCUT2D eigenvalue weighted by atomic mass is 10.0. The first kappa shape index (κ1) is 15.5. The number of rotatable bonds is 6. The Morgan fingerprint density at radius 2 is 1.74 bits per heavy atom. The Labute approximate surface area is 142 Å². The Morgan fingerprint density at radius 3 is 2.39 bits per heavy atom. The van der Waals surface area contributed by atoms with Gasteiger partial charge >= 0.3 is 0 Å². The molecule has 0 saturated carbocycles. The van der Waals surface area contributed by atoms with E-state index in [4.69, 9.17) is 4.74 Å². The number of carbonyl (C=O) groups is 1. The molecule has 3 aromatic rings. The van der Waals surface area contributed by atoms with Crippen molar-refractivity contribution in [1.29, 1.82) is 0 Å². The summed E-state index contributed by atoms with van der Waals surface area (Å²) in [6.07, 6.45) is 3.63. The fraction of sp³-hybridized carbons (Fsp3) is 0.111. The SMILES string of the molecule is O=C(c1ccccc1)c1ccc(OCCn2cc(Br)cn2)cc1. The second-order valence-electron chi connectivity index (χ2n) is 4.99. The molecule has 2 aromatic carbocycles. The maximum absolute atomic E-state index is 12.3. The molecule has 5 heteroatoms. The van der Waals surface area contributed by atoms with Crippen LogP contribution in [0, 0.1) is 0 Å². The number of hydrogen-bond acceptors (Lipinski definition) is 3. The highest BCUT2D eigenvalue weighted by Gasteiger charge is 2.08. The number of carbonyl (C=O) groups excluding carboxylic acids is 1. The maximum Gasteiger partial charge on any atom is 0.193 e. The second-order valence-corrected chi connectivity index (χ2v) is 5.91. The number of ether oxygens (including phenoxy) is 1. The molecule has 0 N–H and O–H groups in total. The summed E-state index contributed by atoms with van der Waals surface area (Å²) >= 11 is 3.35. The van der Waals surface area contributed by atoms with Crippen LogP contribution in [0.4, 0.5) is 0 Å². The van der Waals surface area contributed by atoms with Crippen molar-refractivity contribution in [3.8, 4) is 5.75 Å². The van der Waals surface area contributed by atoms with Gasteiger partial charge in [0.1, 0.15) is 12.4 Å². The highest BCUT2D eigenvalue weighted by Crippen LogP contribution is 2.15. The lowest BCUT2D eigenvalue weighted by Gasteiger charge is -2.07. The van der Waals surface area contributed by atoms with E-state index in [9.17, 15) is 4.79 Å². The number of hydrogen-bond donors (Lipinski definition) is 0. The molecule has 0 saturated heterocycles. The van der Waals surface area contributed by atoms with E-state index in [-0.39, 0.29) is 5.78 Å². The molecule has 0 aliphatic heterocycles. The van der Waals surface area contributed by atoms with Gasteiger partial charge in [0.15, 0.2) is 5.78 Å². The summed E-state index contributed by atoms with van der Waals surface area (Å²) in [6, 6.07) is 16.4. The molecule has 3 rings (SSSR count). The van der Waals surface area contributed by atoms with Gasteiger partial charge in [0.2, 0.25) is 0 Å². The molecular weight excluding hydrogens is 356 g/mol. The van der Waals surface area contributed by atoms with Crippen molar-refractivity contribution >= 4 is 21.7 Å². The Morgan fingerprint density at radius 1 is 1.04 bits per heavy atom. The molecule has 0 aliphatic rings. The van der Waals surface area contributed by atoms with E-state index in [0.29, 0.717) is 24.3 Å². The van der Waals surface area contributed by atoms with Gasteiger partial charge in [-0.1, -0.05) is 30.3 Å². The summed E-state index contributed by atoms with van der Waals surface area (Å²) in [4.78, 5) is 12.3. The van der Waals surface area contributed by atoms with Crippen molar-refractivity contribution in [2.24, 2.45) is 0 Å². The molecule has 0 spiro atoms. The van der Waals surface area contributed by atoms with Gasteiger partial charge in [-0.3, -0.25) is 9.48 Å². The predicted molar refractivity (Wildman–Crippen MR) is 91.7 cm³/mol. The van der Waals surface area contributed by atoms with Crippen LogP contribution < -0.4 is 4.74 Å². The molecule has 0 bridgehead atoms. The van der Waals surface area contributed by atoms with Crippen LogP contribution in [-0.4, -0.2) is 22.2 Å². The molecule has 116 valence electrons. The van der Waals surface area contributed by atoms with Gasteiger partial charge in [-0.05, 0) is 40.2 Å². The zero-order valence-electron chi connectivity index (χ0n) is 12.4. The third-order valence-electron chi connectivity index (χ3n) is 3.34. The van der Waals surface area contributed by atoms with Crippen LogP contribution in [0.1, 0.15) is 15.9 Å². The summed E-state index contributed by atoms with van der Waals surface area (Å²) in [5.41, 5.74) is 1.34. The van der Waals surface area contributed by atoms with Crippen LogP contribution in [0.3, 0.4) is 0 Å². The van der Waals surface area contributed by atoms with E-state index in [1.807, 2.05) is 48.7 Å². The smallest absolute Gasteiger partial charge is 0.193 e. The van der Waals surface area contributed by atoms with E-state index in [0.717, 1.165) is 10.2 Å². The van der Waals surface area contributed by atoms with Crippen LogP contribution in [0.15, 0.2) is 71.5 Å². The van der Waals surface area contributed by atoms with Crippen molar-refractivity contribution < 1.29 is 9.53 Å². The Bertz CT molecular complexity index is 782. The number of ketones is 1. The topological polar surface area (TPSA) is 44.1 Å². The summed E-state index contributed by atoms with van der Waals surface area (Å²) < 4.78 is 8.42. The van der Waals surface area contributed by atoms with E-state index in [1.165, 1.54) is 0 Å². The van der Waals surface area contributed by atoms with Gasteiger partial charge in [-0.15, -0.1) is 0 Å². The molecule has 4 nitrogen and oxygen atoms in total. The van der Waals surface area contributed by atoms with Crippen LogP contribution >= 0.6 is 15.9 Å². The minimum atomic E-state index is 0.0125. The van der Waals surface area contributed by atoms with Crippen LogP contribution in [0.2, 0.25) is 0 Å². The van der Waals surface area contributed by atoms with E-state index in [2.05, 4.69) is 21.0 Å². The number of nitrogens with zero attached hydrogens (tertiary/aromatic N) is 2. The van der Waals surface area contributed by atoms with Gasteiger partial charge < -0.3 is 4.74 Å². The Balaban J connectivity index is 1.58. The molecule has 1 aromatic heterocycles. The van der Waals surface area contributed by atoms with Crippen LogP contribution in [0.25, 0.3) is 0 Å². The number of benzene rings is 2. The fourth-order valence-electron chi connectivity index (χ4n) is 2.18. The third kappa shape index (κ3) is 4.07. The minimum Gasteiger partial charge on any atom is -0.492 e. The quantitative estimate of drug-likeness (QED) is 0.617.